The molecule has 0 atom stereocenters. The lowest BCUT2D eigenvalue weighted by Gasteiger charge is -2.33. The number of hydrogen-bond acceptors (Lipinski definition) is 1. The Morgan fingerprint density at radius 3 is 1.71 bits per heavy atom. The molecular formula is C23H20O. The average Bonchev–Trinajstić information content (AvgIpc) is 2.78. The molecule has 1 nitrogen and oxygen atoms in total. The van der Waals surface area contributed by atoms with E-state index in [1.807, 2.05) is 12.1 Å². The van der Waals surface area contributed by atoms with E-state index in [-0.39, 0.29) is 12.0 Å². The van der Waals surface area contributed by atoms with Gasteiger partial charge in [0.2, 0.25) is 0 Å². The predicted octanol–water partition coefficient (Wildman–Crippen LogP) is 5.02. The second kappa shape index (κ2) is 5.77. The summed E-state index contributed by atoms with van der Waals surface area (Å²) in [7, 11) is 0. The maximum Gasteiger partial charge on any atom is 0.0681 e. The lowest BCUT2D eigenvalue weighted by atomic mass is 9.69. The van der Waals surface area contributed by atoms with Crippen molar-refractivity contribution in [2.45, 2.75) is 18.9 Å². The zero-order valence-corrected chi connectivity index (χ0v) is 13.7. The van der Waals surface area contributed by atoms with Gasteiger partial charge in [0.1, 0.15) is 0 Å². The van der Waals surface area contributed by atoms with Crippen molar-refractivity contribution < 1.29 is 5.11 Å². The van der Waals surface area contributed by atoms with Crippen LogP contribution in [0.1, 0.15) is 40.3 Å². The van der Waals surface area contributed by atoms with Crippen molar-refractivity contribution in [3.05, 3.63) is 106 Å². The van der Waals surface area contributed by atoms with E-state index in [1.165, 1.54) is 27.8 Å². The number of benzene rings is 3. The largest absolute Gasteiger partial charge is 0.392 e. The topological polar surface area (TPSA) is 20.2 Å². The zero-order valence-electron chi connectivity index (χ0n) is 13.7. The minimum absolute atomic E-state index is 0.0751. The second-order valence-electron chi connectivity index (χ2n) is 6.49. The first kappa shape index (κ1) is 14.9. The second-order valence-corrected chi connectivity index (χ2v) is 6.49. The van der Waals surface area contributed by atoms with Crippen LogP contribution in [0, 0.1) is 0 Å². The molecule has 0 heterocycles. The third-order valence-electron chi connectivity index (χ3n) is 5.16. The minimum atomic E-state index is -0.231. The van der Waals surface area contributed by atoms with Gasteiger partial charge in [0.25, 0.3) is 0 Å². The number of rotatable bonds is 2. The summed E-state index contributed by atoms with van der Waals surface area (Å²) in [5.74, 6) is 0. The van der Waals surface area contributed by atoms with E-state index < -0.39 is 0 Å². The molecule has 3 aromatic rings. The highest BCUT2D eigenvalue weighted by Gasteiger charge is 2.35. The van der Waals surface area contributed by atoms with Gasteiger partial charge < -0.3 is 5.11 Å². The summed E-state index contributed by atoms with van der Waals surface area (Å²) in [5, 5.41) is 9.35. The zero-order chi connectivity index (χ0) is 16.6. The summed E-state index contributed by atoms with van der Waals surface area (Å²) in [6.07, 6.45) is 4.42. The summed E-state index contributed by atoms with van der Waals surface area (Å²) < 4.78 is 0. The Labute approximate surface area is 142 Å². The molecule has 0 aliphatic heterocycles. The van der Waals surface area contributed by atoms with Gasteiger partial charge in [-0.2, -0.15) is 0 Å². The monoisotopic (exact) mass is 312 g/mol. The van der Waals surface area contributed by atoms with Crippen molar-refractivity contribution in [3.8, 4) is 0 Å². The molecule has 0 aromatic heterocycles. The van der Waals surface area contributed by atoms with Gasteiger partial charge in [0.05, 0.1) is 6.61 Å². The fourth-order valence-electron chi connectivity index (χ4n) is 3.77. The number of aliphatic hydroxyl groups excluding tert-OH is 1. The van der Waals surface area contributed by atoms with E-state index in [1.54, 1.807) is 0 Å². The average molecular weight is 312 g/mol. The molecular weight excluding hydrogens is 292 g/mol. The summed E-state index contributed by atoms with van der Waals surface area (Å²) in [5.41, 5.74) is 7.07. The van der Waals surface area contributed by atoms with Gasteiger partial charge >= 0.3 is 0 Å². The van der Waals surface area contributed by atoms with Crippen molar-refractivity contribution in [2.75, 3.05) is 0 Å². The van der Waals surface area contributed by atoms with Crippen LogP contribution in [-0.2, 0) is 12.0 Å². The fraction of sp³-hybridized carbons (Fsp3) is 0.130. The first-order valence-electron chi connectivity index (χ1n) is 8.31. The summed E-state index contributed by atoms with van der Waals surface area (Å²) in [4.78, 5) is 0. The van der Waals surface area contributed by atoms with Crippen LogP contribution in [0.5, 0.6) is 0 Å². The Bertz CT molecular complexity index is 854. The molecule has 0 unspecified atom stereocenters. The smallest absolute Gasteiger partial charge is 0.0681 e. The molecule has 1 aliphatic carbocycles. The number of fused-ring (bicyclic) bond motifs is 2. The summed E-state index contributed by atoms with van der Waals surface area (Å²) in [6, 6.07) is 25.5. The van der Waals surface area contributed by atoms with Crippen LogP contribution in [-0.4, -0.2) is 5.11 Å². The van der Waals surface area contributed by atoms with Gasteiger partial charge in [-0.1, -0.05) is 84.9 Å². The van der Waals surface area contributed by atoms with Crippen LogP contribution in [0.25, 0.3) is 12.2 Å². The summed E-state index contributed by atoms with van der Waals surface area (Å²) in [6.45, 7) is 2.37. The molecule has 24 heavy (non-hydrogen) atoms. The lowest BCUT2D eigenvalue weighted by Crippen LogP contribution is -2.26. The van der Waals surface area contributed by atoms with Gasteiger partial charge in [-0.25, -0.2) is 0 Å². The normalized spacial score (nSPS) is 14.6. The molecule has 118 valence electrons. The molecule has 1 aliphatic rings. The molecule has 1 N–H and O–H groups in total. The molecule has 0 bridgehead atoms. The Kier molecular flexibility index (Phi) is 3.59. The van der Waals surface area contributed by atoms with Crippen LogP contribution in [0.3, 0.4) is 0 Å². The molecule has 0 spiro atoms. The Balaban J connectivity index is 2.03. The van der Waals surface area contributed by atoms with E-state index in [4.69, 9.17) is 0 Å². The van der Waals surface area contributed by atoms with Gasteiger partial charge in [0.15, 0.2) is 0 Å². The Morgan fingerprint density at radius 2 is 1.21 bits per heavy atom. The van der Waals surface area contributed by atoms with Crippen LogP contribution < -0.4 is 0 Å². The highest BCUT2D eigenvalue weighted by atomic mass is 16.3. The molecule has 0 amide bonds. The number of hydrogen-bond donors (Lipinski definition) is 1. The molecule has 0 saturated carbocycles. The van der Waals surface area contributed by atoms with Crippen LogP contribution >= 0.6 is 0 Å². The maximum atomic E-state index is 9.35. The van der Waals surface area contributed by atoms with E-state index in [9.17, 15) is 5.11 Å². The Hall–Kier alpha value is -2.64. The van der Waals surface area contributed by atoms with Crippen molar-refractivity contribution in [1.82, 2.24) is 0 Å². The predicted molar refractivity (Wildman–Crippen MR) is 99.7 cm³/mol. The van der Waals surface area contributed by atoms with Gasteiger partial charge in [-0.05, 0) is 40.3 Å². The van der Waals surface area contributed by atoms with E-state index in [2.05, 4.69) is 79.7 Å². The van der Waals surface area contributed by atoms with Crippen molar-refractivity contribution in [2.24, 2.45) is 0 Å². The quantitative estimate of drug-likeness (QED) is 0.704. The van der Waals surface area contributed by atoms with E-state index in [0.29, 0.717) is 0 Å². The highest BCUT2D eigenvalue weighted by Crippen LogP contribution is 2.44. The van der Waals surface area contributed by atoms with Gasteiger partial charge in [-0.3, -0.25) is 0 Å². The molecule has 0 radical (unpaired) electrons. The number of aliphatic hydroxyl groups is 1. The van der Waals surface area contributed by atoms with Crippen LogP contribution in [0.15, 0.2) is 72.8 Å². The van der Waals surface area contributed by atoms with E-state index >= 15 is 0 Å². The molecule has 1 heteroatoms. The fourth-order valence-corrected chi connectivity index (χ4v) is 3.77. The van der Waals surface area contributed by atoms with Gasteiger partial charge in [-0.15, -0.1) is 0 Å². The lowest BCUT2D eigenvalue weighted by molar-refractivity contribution is 0.282. The molecule has 0 saturated heterocycles. The highest BCUT2D eigenvalue weighted by molar-refractivity contribution is 5.79. The van der Waals surface area contributed by atoms with E-state index in [0.717, 1.165) is 5.56 Å². The first-order chi connectivity index (χ1) is 11.7. The third-order valence-corrected chi connectivity index (χ3v) is 5.16. The molecule has 0 fully saturated rings. The van der Waals surface area contributed by atoms with Crippen molar-refractivity contribution >= 4 is 12.2 Å². The van der Waals surface area contributed by atoms with Crippen LogP contribution in [0.4, 0.5) is 0 Å². The third kappa shape index (κ3) is 2.21. The molecule has 3 aromatic carbocycles. The SMILES string of the molecule is CC1(c2ccc(CO)cc2)c2ccccc2C=Cc2ccccc21. The van der Waals surface area contributed by atoms with Crippen molar-refractivity contribution in [3.63, 3.8) is 0 Å². The van der Waals surface area contributed by atoms with Crippen molar-refractivity contribution in [1.29, 1.82) is 0 Å². The van der Waals surface area contributed by atoms with Crippen LogP contribution in [0.2, 0.25) is 0 Å². The molecule has 4 rings (SSSR count). The van der Waals surface area contributed by atoms with Gasteiger partial charge in [0, 0.05) is 5.41 Å². The minimum Gasteiger partial charge on any atom is -0.392 e. The Morgan fingerprint density at radius 1 is 0.708 bits per heavy atom. The summed E-state index contributed by atoms with van der Waals surface area (Å²) >= 11 is 0. The maximum absolute atomic E-state index is 9.35. The standard InChI is InChI=1S/C23H20O/c1-23(20-14-10-17(16-24)11-15-20)21-8-4-2-6-18(21)12-13-19-7-3-5-9-22(19)23/h2-15,24H,16H2,1H3. The first-order valence-corrected chi connectivity index (χ1v) is 8.31.